The number of anilines is 1. The topological polar surface area (TPSA) is 43.8 Å². The van der Waals surface area contributed by atoms with E-state index in [1.807, 2.05) is 18.2 Å². The molecule has 1 saturated carbocycles. The van der Waals surface area contributed by atoms with E-state index in [1.54, 1.807) is 12.1 Å². The van der Waals surface area contributed by atoms with Crippen molar-refractivity contribution >= 4 is 28.3 Å². The second-order valence-electron chi connectivity index (χ2n) is 5.38. The molecule has 0 bridgehead atoms. The van der Waals surface area contributed by atoms with Gasteiger partial charge >= 0.3 is 0 Å². The second-order valence-corrected chi connectivity index (χ2v) is 5.79. The molecule has 3 nitrogen and oxygen atoms in total. The number of nitrogens with two attached hydrogens (primary N) is 1. The van der Waals surface area contributed by atoms with Gasteiger partial charge in [0.2, 0.25) is 0 Å². The molecule has 1 aromatic heterocycles. The van der Waals surface area contributed by atoms with Crippen LogP contribution in [0.15, 0.2) is 36.4 Å². The molecule has 4 rings (SSSR count). The number of halogens is 2. The van der Waals surface area contributed by atoms with Gasteiger partial charge in [-0.05, 0) is 43.2 Å². The zero-order chi connectivity index (χ0) is 14.6. The fraction of sp³-hybridized carbons (Fsp3) is 0.188. The molecule has 0 saturated heterocycles. The fourth-order valence-electron chi connectivity index (χ4n) is 2.68. The van der Waals surface area contributed by atoms with Gasteiger partial charge in [-0.15, -0.1) is 0 Å². The number of benzene rings is 2. The van der Waals surface area contributed by atoms with E-state index in [9.17, 15) is 4.39 Å². The molecule has 21 heavy (non-hydrogen) atoms. The van der Waals surface area contributed by atoms with Crippen molar-refractivity contribution in [2.45, 2.75) is 18.9 Å². The quantitative estimate of drug-likeness (QED) is 0.712. The van der Waals surface area contributed by atoms with Gasteiger partial charge in [-0.2, -0.15) is 0 Å². The van der Waals surface area contributed by atoms with Crippen LogP contribution in [0, 0.1) is 5.82 Å². The van der Waals surface area contributed by atoms with Gasteiger partial charge in [-0.1, -0.05) is 17.7 Å². The molecule has 1 fully saturated rings. The number of rotatable bonds is 2. The molecule has 0 unspecified atom stereocenters. The molecule has 0 atom stereocenters. The first kappa shape index (κ1) is 12.7. The van der Waals surface area contributed by atoms with Crippen molar-refractivity contribution in [2.24, 2.45) is 0 Å². The highest BCUT2D eigenvalue weighted by Crippen LogP contribution is 2.43. The minimum Gasteiger partial charge on any atom is -0.396 e. The lowest BCUT2D eigenvalue weighted by Gasteiger charge is -2.09. The third-order valence-corrected chi connectivity index (χ3v) is 4.13. The van der Waals surface area contributed by atoms with E-state index >= 15 is 0 Å². The summed E-state index contributed by atoms with van der Waals surface area (Å²) in [6, 6.07) is 10.8. The van der Waals surface area contributed by atoms with E-state index in [2.05, 4.69) is 9.55 Å². The zero-order valence-corrected chi connectivity index (χ0v) is 11.9. The number of aromatic nitrogens is 2. The maximum atomic E-state index is 13.4. The van der Waals surface area contributed by atoms with E-state index in [-0.39, 0.29) is 5.69 Å². The van der Waals surface area contributed by atoms with E-state index in [0.717, 1.165) is 35.3 Å². The smallest absolute Gasteiger partial charge is 0.146 e. The van der Waals surface area contributed by atoms with E-state index < -0.39 is 5.82 Å². The lowest BCUT2D eigenvalue weighted by molar-refractivity contribution is 0.632. The Balaban J connectivity index is 2.01. The molecule has 0 amide bonds. The number of hydrogen-bond donors (Lipinski definition) is 1. The first-order chi connectivity index (χ1) is 10.1. The Morgan fingerprint density at radius 1 is 1.24 bits per heavy atom. The molecular weight excluding hydrogens is 289 g/mol. The number of nitrogens with zero attached hydrogens (tertiary/aromatic N) is 2. The number of fused-ring (bicyclic) bond motifs is 1. The summed E-state index contributed by atoms with van der Waals surface area (Å²) in [7, 11) is 0. The Bertz CT molecular complexity index is 852. The number of imidazole rings is 1. The standard InChI is InChI=1S/C16H13ClFN3/c17-11-2-1-3-14-15(11)21(10-5-6-10)16(20-14)9-4-7-12(18)13(19)8-9/h1-4,7-8,10H,5-6,19H2. The minimum absolute atomic E-state index is 0.132. The molecule has 1 aliphatic carbocycles. The Morgan fingerprint density at radius 3 is 2.76 bits per heavy atom. The van der Waals surface area contributed by atoms with Crippen LogP contribution in [0.5, 0.6) is 0 Å². The van der Waals surface area contributed by atoms with Crippen LogP contribution in [-0.2, 0) is 0 Å². The molecular formula is C16H13ClFN3. The maximum Gasteiger partial charge on any atom is 0.146 e. The Kier molecular flexibility index (Phi) is 2.69. The predicted molar refractivity (Wildman–Crippen MR) is 82.8 cm³/mol. The van der Waals surface area contributed by atoms with Crippen molar-refractivity contribution in [2.75, 3.05) is 5.73 Å². The average molecular weight is 302 g/mol. The van der Waals surface area contributed by atoms with Crippen LogP contribution >= 0.6 is 11.6 Å². The van der Waals surface area contributed by atoms with Gasteiger partial charge in [0.05, 0.1) is 21.7 Å². The van der Waals surface area contributed by atoms with Crippen molar-refractivity contribution < 1.29 is 4.39 Å². The van der Waals surface area contributed by atoms with Gasteiger partial charge in [0.1, 0.15) is 11.6 Å². The third-order valence-electron chi connectivity index (χ3n) is 3.83. The molecule has 0 aliphatic heterocycles. The molecule has 5 heteroatoms. The maximum absolute atomic E-state index is 13.4. The SMILES string of the molecule is Nc1cc(-c2nc3cccc(Cl)c3n2C2CC2)ccc1F. The normalized spacial score (nSPS) is 14.8. The van der Waals surface area contributed by atoms with Crippen molar-refractivity contribution in [3.63, 3.8) is 0 Å². The lowest BCUT2D eigenvalue weighted by Crippen LogP contribution is -1.99. The molecule has 2 N–H and O–H groups in total. The van der Waals surface area contributed by atoms with Crippen LogP contribution in [0.4, 0.5) is 10.1 Å². The predicted octanol–water partition coefficient (Wildman–Crippen LogP) is 4.41. The van der Waals surface area contributed by atoms with E-state index in [0.29, 0.717) is 11.1 Å². The number of nitrogen functional groups attached to an aromatic ring is 1. The minimum atomic E-state index is -0.411. The van der Waals surface area contributed by atoms with Crippen molar-refractivity contribution in [1.82, 2.24) is 9.55 Å². The molecule has 0 radical (unpaired) electrons. The summed E-state index contributed by atoms with van der Waals surface area (Å²) in [5.74, 6) is 0.387. The summed E-state index contributed by atoms with van der Waals surface area (Å²) >= 11 is 6.35. The molecule has 0 spiro atoms. The summed E-state index contributed by atoms with van der Waals surface area (Å²) in [5.41, 5.74) is 8.43. The van der Waals surface area contributed by atoms with Gasteiger partial charge in [-0.25, -0.2) is 9.37 Å². The van der Waals surface area contributed by atoms with Crippen molar-refractivity contribution in [1.29, 1.82) is 0 Å². The monoisotopic (exact) mass is 301 g/mol. The van der Waals surface area contributed by atoms with E-state index in [1.165, 1.54) is 6.07 Å². The first-order valence-corrected chi connectivity index (χ1v) is 7.25. The highest BCUT2D eigenvalue weighted by atomic mass is 35.5. The van der Waals surface area contributed by atoms with Gasteiger partial charge in [0.25, 0.3) is 0 Å². The summed E-state index contributed by atoms with van der Waals surface area (Å²) in [6.07, 6.45) is 2.22. The van der Waals surface area contributed by atoms with Crippen LogP contribution in [0.3, 0.4) is 0 Å². The van der Waals surface area contributed by atoms with Gasteiger partial charge < -0.3 is 10.3 Å². The van der Waals surface area contributed by atoms with Crippen LogP contribution in [0.1, 0.15) is 18.9 Å². The van der Waals surface area contributed by atoms with E-state index in [4.69, 9.17) is 17.3 Å². The average Bonchev–Trinajstić information content (AvgIpc) is 3.22. The summed E-state index contributed by atoms with van der Waals surface area (Å²) in [5, 5.41) is 0.688. The summed E-state index contributed by atoms with van der Waals surface area (Å²) < 4.78 is 15.5. The van der Waals surface area contributed by atoms with Gasteiger partial charge in [0.15, 0.2) is 0 Å². The molecule has 2 aromatic carbocycles. The van der Waals surface area contributed by atoms with Crippen LogP contribution in [0.2, 0.25) is 5.02 Å². The van der Waals surface area contributed by atoms with Crippen molar-refractivity contribution in [3.8, 4) is 11.4 Å². The summed E-state index contributed by atoms with van der Waals surface area (Å²) in [6.45, 7) is 0. The molecule has 3 aromatic rings. The molecule has 106 valence electrons. The van der Waals surface area contributed by atoms with Crippen LogP contribution in [-0.4, -0.2) is 9.55 Å². The van der Waals surface area contributed by atoms with Crippen molar-refractivity contribution in [3.05, 3.63) is 47.2 Å². The third kappa shape index (κ3) is 1.98. The van der Waals surface area contributed by atoms with Crippen LogP contribution < -0.4 is 5.73 Å². The number of hydrogen-bond acceptors (Lipinski definition) is 2. The highest BCUT2D eigenvalue weighted by Gasteiger charge is 2.29. The Morgan fingerprint density at radius 2 is 2.05 bits per heavy atom. The van der Waals surface area contributed by atoms with Gasteiger partial charge in [0, 0.05) is 11.6 Å². The first-order valence-electron chi connectivity index (χ1n) is 6.87. The molecule has 1 heterocycles. The number of para-hydroxylation sites is 1. The lowest BCUT2D eigenvalue weighted by atomic mass is 10.2. The summed E-state index contributed by atoms with van der Waals surface area (Å²) in [4.78, 5) is 4.68. The second kappa shape index (κ2) is 4.46. The largest absolute Gasteiger partial charge is 0.396 e. The Labute approximate surface area is 126 Å². The fourth-order valence-corrected chi connectivity index (χ4v) is 2.94. The zero-order valence-electron chi connectivity index (χ0n) is 11.2. The molecule has 1 aliphatic rings. The van der Waals surface area contributed by atoms with Gasteiger partial charge in [-0.3, -0.25) is 0 Å². The van der Waals surface area contributed by atoms with Crippen LogP contribution in [0.25, 0.3) is 22.4 Å². The Hall–Kier alpha value is -2.07. The highest BCUT2D eigenvalue weighted by molar-refractivity contribution is 6.35.